The van der Waals surface area contributed by atoms with Gasteiger partial charge in [0.2, 0.25) is 11.9 Å². The molecule has 0 spiro atoms. The average molecular weight is 244 g/mol. The van der Waals surface area contributed by atoms with Gasteiger partial charge < -0.3 is 0 Å². The molecule has 15 heavy (non-hydrogen) atoms. The summed E-state index contributed by atoms with van der Waals surface area (Å²) < 4.78 is 0. The molecule has 1 aromatic heterocycles. The van der Waals surface area contributed by atoms with Crippen molar-refractivity contribution in [2.24, 2.45) is 5.92 Å². The first-order valence-electron chi connectivity index (χ1n) is 4.60. The minimum Gasteiger partial charge on any atom is -0.280 e. The van der Waals surface area contributed by atoms with E-state index in [0.717, 1.165) is 0 Å². The third-order valence-electron chi connectivity index (χ3n) is 2.31. The van der Waals surface area contributed by atoms with Gasteiger partial charge in [0.25, 0.3) is 0 Å². The van der Waals surface area contributed by atoms with E-state index in [0.29, 0.717) is 29.8 Å². The Morgan fingerprint density at radius 1 is 1.67 bits per heavy atom. The Hall–Kier alpha value is -0.810. The fourth-order valence-electron chi connectivity index (χ4n) is 1.55. The number of carbonyl (C=O) groups is 1. The first-order valence-corrected chi connectivity index (χ1v) is 5.61. The van der Waals surface area contributed by atoms with Crippen LogP contribution in [-0.2, 0) is 4.79 Å². The number of hydrogen-bond acceptors (Lipinski definition) is 4. The molecule has 1 aliphatic rings. The number of aromatic nitrogens is 2. The maximum absolute atomic E-state index is 11.6. The van der Waals surface area contributed by atoms with Crippen molar-refractivity contribution in [3.05, 3.63) is 17.4 Å². The predicted molar refractivity (Wildman–Crippen MR) is 61.4 cm³/mol. The summed E-state index contributed by atoms with van der Waals surface area (Å²) in [7, 11) is 0. The van der Waals surface area contributed by atoms with Gasteiger partial charge in [-0.3, -0.25) is 9.69 Å². The number of amides is 1. The number of rotatable bonds is 2. The normalized spacial score (nSPS) is 21.1. The van der Waals surface area contributed by atoms with Gasteiger partial charge in [0.1, 0.15) is 5.15 Å². The van der Waals surface area contributed by atoms with Crippen LogP contribution in [0.25, 0.3) is 0 Å². The molecular weight excluding hydrogens is 234 g/mol. The molecular formula is C9H10ClN3OS. The molecule has 0 saturated carbocycles. The standard InChI is InChI=1S/C9H10ClN3OS/c10-7-1-2-11-9(12-7)13-4-6(5-15)3-8(13)14/h1-2,6,15H,3-5H2. The van der Waals surface area contributed by atoms with Gasteiger partial charge in [-0.05, 0) is 17.7 Å². The second kappa shape index (κ2) is 4.37. The number of nitrogens with zero attached hydrogens (tertiary/aromatic N) is 3. The molecule has 1 fully saturated rings. The minimum absolute atomic E-state index is 0.0383. The van der Waals surface area contributed by atoms with Gasteiger partial charge in [0.15, 0.2) is 0 Å². The largest absolute Gasteiger partial charge is 0.280 e. The molecule has 1 amide bonds. The van der Waals surface area contributed by atoms with Gasteiger partial charge in [-0.2, -0.15) is 12.6 Å². The van der Waals surface area contributed by atoms with E-state index in [9.17, 15) is 4.79 Å². The Morgan fingerprint density at radius 3 is 3.07 bits per heavy atom. The molecule has 0 N–H and O–H groups in total. The predicted octanol–water partition coefficient (Wildman–Crippen LogP) is 1.41. The summed E-state index contributed by atoms with van der Waals surface area (Å²) in [4.78, 5) is 21.2. The van der Waals surface area contributed by atoms with Crippen molar-refractivity contribution in [3.8, 4) is 0 Å². The SMILES string of the molecule is O=C1CC(CS)CN1c1nccc(Cl)n1. The van der Waals surface area contributed by atoms with Gasteiger partial charge >= 0.3 is 0 Å². The number of thiol groups is 1. The lowest BCUT2D eigenvalue weighted by Crippen LogP contribution is -2.26. The molecule has 2 heterocycles. The van der Waals surface area contributed by atoms with Gasteiger partial charge in [-0.1, -0.05) is 11.6 Å². The van der Waals surface area contributed by atoms with E-state index in [4.69, 9.17) is 11.6 Å². The van der Waals surface area contributed by atoms with Crippen LogP contribution in [0.15, 0.2) is 12.3 Å². The van der Waals surface area contributed by atoms with Crippen molar-refractivity contribution < 1.29 is 4.79 Å². The third-order valence-corrected chi connectivity index (χ3v) is 3.04. The topological polar surface area (TPSA) is 46.1 Å². The Morgan fingerprint density at radius 2 is 2.47 bits per heavy atom. The molecule has 1 aromatic rings. The Bertz CT molecular complexity index is 387. The van der Waals surface area contributed by atoms with E-state index in [-0.39, 0.29) is 11.8 Å². The molecule has 0 aliphatic carbocycles. The summed E-state index contributed by atoms with van der Waals surface area (Å²) in [5.41, 5.74) is 0. The van der Waals surface area contributed by atoms with E-state index in [1.807, 2.05) is 0 Å². The highest BCUT2D eigenvalue weighted by Crippen LogP contribution is 2.23. The van der Waals surface area contributed by atoms with Crippen LogP contribution in [0.5, 0.6) is 0 Å². The highest BCUT2D eigenvalue weighted by molar-refractivity contribution is 7.80. The fourth-order valence-corrected chi connectivity index (χ4v) is 1.93. The van der Waals surface area contributed by atoms with Crippen LogP contribution in [0.2, 0.25) is 5.15 Å². The van der Waals surface area contributed by atoms with Crippen LogP contribution in [0.4, 0.5) is 5.95 Å². The zero-order valence-electron chi connectivity index (χ0n) is 7.93. The van der Waals surface area contributed by atoms with E-state index >= 15 is 0 Å². The Labute approximate surface area is 98.1 Å². The lowest BCUT2D eigenvalue weighted by Gasteiger charge is -2.13. The number of carbonyl (C=O) groups excluding carboxylic acids is 1. The quantitative estimate of drug-likeness (QED) is 0.631. The summed E-state index contributed by atoms with van der Waals surface area (Å²) in [6.07, 6.45) is 2.06. The molecule has 0 aromatic carbocycles. The Balaban J connectivity index is 2.21. The van der Waals surface area contributed by atoms with Crippen molar-refractivity contribution in [1.82, 2.24) is 9.97 Å². The van der Waals surface area contributed by atoms with Gasteiger partial charge in [0.05, 0.1) is 0 Å². The molecule has 1 aliphatic heterocycles. The monoisotopic (exact) mass is 243 g/mol. The molecule has 80 valence electrons. The molecule has 0 bridgehead atoms. The smallest absolute Gasteiger partial charge is 0.233 e. The van der Waals surface area contributed by atoms with Gasteiger partial charge in [-0.25, -0.2) is 9.97 Å². The highest BCUT2D eigenvalue weighted by Gasteiger charge is 2.31. The highest BCUT2D eigenvalue weighted by atomic mass is 35.5. The fraction of sp³-hybridized carbons (Fsp3) is 0.444. The zero-order chi connectivity index (χ0) is 10.8. The maximum atomic E-state index is 11.6. The van der Waals surface area contributed by atoms with Crippen molar-refractivity contribution in [1.29, 1.82) is 0 Å². The number of anilines is 1. The summed E-state index contributed by atoms with van der Waals surface area (Å²) in [5.74, 6) is 1.40. The van der Waals surface area contributed by atoms with Crippen molar-refractivity contribution >= 4 is 36.1 Å². The molecule has 1 atom stereocenters. The zero-order valence-corrected chi connectivity index (χ0v) is 9.58. The molecule has 0 radical (unpaired) electrons. The van der Waals surface area contributed by atoms with Crippen LogP contribution in [0.3, 0.4) is 0 Å². The molecule has 1 unspecified atom stereocenters. The third kappa shape index (κ3) is 2.23. The molecule has 4 nitrogen and oxygen atoms in total. The maximum Gasteiger partial charge on any atom is 0.233 e. The lowest BCUT2D eigenvalue weighted by atomic mass is 10.1. The van der Waals surface area contributed by atoms with Crippen LogP contribution < -0.4 is 4.90 Å². The second-order valence-electron chi connectivity index (χ2n) is 3.44. The molecule has 6 heteroatoms. The average Bonchev–Trinajstić information content (AvgIpc) is 2.60. The second-order valence-corrected chi connectivity index (χ2v) is 4.19. The number of halogens is 1. The summed E-state index contributed by atoms with van der Waals surface area (Å²) >= 11 is 9.92. The Kier molecular flexibility index (Phi) is 3.11. The van der Waals surface area contributed by atoms with E-state index in [2.05, 4.69) is 22.6 Å². The van der Waals surface area contributed by atoms with Crippen LogP contribution in [0, 0.1) is 5.92 Å². The van der Waals surface area contributed by atoms with E-state index in [1.54, 1.807) is 17.2 Å². The van der Waals surface area contributed by atoms with Crippen LogP contribution >= 0.6 is 24.2 Å². The van der Waals surface area contributed by atoms with Crippen molar-refractivity contribution in [2.75, 3.05) is 17.2 Å². The van der Waals surface area contributed by atoms with Gasteiger partial charge in [0, 0.05) is 19.2 Å². The van der Waals surface area contributed by atoms with E-state index < -0.39 is 0 Å². The molecule has 1 saturated heterocycles. The number of hydrogen-bond donors (Lipinski definition) is 1. The molecule has 2 rings (SSSR count). The van der Waals surface area contributed by atoms with Crippen LogP contribution in [-0.4, -0.2) is 28.2 Å². The lowest BCUT2D eigenvalue weighted by molar-refractivity contribution is -0.117. The van der Waals surface area contributed by atoms with Crippen molar-refractivity contribution in [3.63, 3.8) is 0 Å². The van der Waals surface area contributed by atoms with Gasteiger partial charge in [-0.15, -0.1) is 0 Å². The minimum atomic E-state index is 0.0383. The summed E-state index contributed by atoms with van der Waals surface area (Å²) in [5, 5.41) is 0.349. The summed E-state index contributed by atoms with van der Waals surface area (Å²) in [6.45, 7) is 0.628. The van der Waals surface area contributed by atoms with E-state index in [1.165, 1.54) is 0 Å². The van der Waals surface area contributed by atoms with Crippen molar-refractivity contribution in [2.45, 2.75) is 6.42 Å². The first kappa shape index (κ1) is 10.7. The first-order chi connectivity index (χ1) is 7.20. The van der Waals surface area contributed by atoms with Crippen LogP contribution in [0.1, 0.15) is 6.42 Å². The summed E-state index contributed by atoms with van der Waals surface area (Å²) in [6, 6.07) is 1.59.